The number of carbonyl (C=O) groups is 1. The van der Waals surface area contributed by atoms with E-state index in [1.165, 1.54) is 0 Å². The van der Waals surface area contributed by atoms with E-state index in [-0.39, 0.29) is 18.0 Å². The number of pyridine rings is 2. The van der Waals surface area contributed by atoms with Crippen LogP contribution in [0.2, 0.25) is 0 Å². The highest BCUT2D eigenvalue weighted by molar-refractivity contribution is 9.10. The van der Waals surface area contributed by atoms with Crippen molar-refractivity contribution in [2.75, 3.05) is 11.5 Å². The van der Waals surface area contributed by atoms with E-state index >= 15 is 0 Å². The Morgan fingerprint density at radius 1 is 0.636 bits per heavy atom. The molecule has 7 N–H and O–H groups in total. The summed E-state index contributed by atoms with van der Waals surface area (Å²) in [6.45, 7) is 4.30. The quantitative estimate of drug-likeness (QED) is 0.101. The van der Waals surface area contributed by atoms with Gasteiger partial charge in [0.15, 0.2) is 0 Å². The van der Waals surface area contributed by atoms with Crippen molar-refractivity contribution in [3.05, 3.63) is 165 Å². The molecule has 0 aliphatic carbocycles. The molecule has 0 amide bonds. The highest BCUT2D eigenvalue weighted by Crippen LogP contribution is 2.28. The lowest BCUT2D eigenvalue weighted by molar-refractivity contribution is 0.112. The van der Waals surface area contributed by atoms with Crippen molar-refractivity contribution in [1.29, 1.82) is 0 Å². The van der Waals surface area contributed by atoms with Crippen LogP contribution in [0.5, 0.6) is 11.5 Å². The second-order valence-corrected chi connectivity index (χ2v) is 13.6. The molecule has 1 unspecified atom stereocenters. The number of hydrogen-bond acceptors (Lipinski definition) is 10. The van der Waals surface area contributed by atoms with E-state index in [0.717, 1.165) is 49.8 Å². The lowest BCUT2D eigenvalue weighted by Gasteiger charge is -2.13. The molecule has 0 radical (unpaired) electrons. The number of aliphatic hydroxyl groups excluding tert-OH is 1. The van der Waals surface area contributed by atoms with Gasteiger partial charge in [-0.3, -0.25) is 14.8 Å². The number of aldehydes is 1. The fraction of sp³-hybridized carbons (Fsp3) is 0.119. The zero-order valence-corrected chi connectivity index (χ0v) is 31.7. The maximum absolute atomic E-state index is 10.9. The normalized spacial score (nSPS) is 11.3. The Morgan fingerprint density at radius 2 is 1.13 bits per heavy atom. The summed E-state index contributed by atoms with van der Waals surface area (Å²) in [5.41, 5.74) is 19.7. The van der Waals surface area contributed by atoms with Crippen molar-refractivity contribution in [3.8, 4) is 11.5 Å². The maximum Gasteiger partial charge on any atom is 0.201 e. The topological polar surface area (TPSA) is 191 Å². The summed E-state index contributed by atoms with van der Waals surface area (Å²) >= 11 is 3.31. The minimum absolute atomic E-state index is 0.105. The number of nitrogens with zero attached hydrogens (tertiary/aromatic N) is 6. The van der Waals surface area contributed by atoms with Crippen molar-refractivity contribution in [2.45, 2.75) is 33.0 Å². The number of imidazole rings is 2. The zero-order chi connectivity index (χ0) is 39.1. The molecule has 4 aromatic heterocycles. The second-order valence-electron chi connectivity index (χ2n) is 12.7. The monoisotopic (exact) mass is 798 g/mol. The van der Waals surface area contributed by atoms with Gasteiger partial charge in [-0.2, -0.15) is 0 Å². The van der Waals surface area contributed by atoms with Crippen molar-refractivity contribution >= 4 is 56.2 Å². The molecule has 8 aromatic rings. The molecule has 0 saturated heterocycles. The van der Waals surface area contributed by atoms with Crippen LogP contribution in [0.4, 0.5) is 11.9 Å². The van der Waals surface area contributed by atoms with Gasteiger partial charge in [0.25, 0.3) is 0 Å². The van der Waals surface area contributed by atoms with Gasteiger partial charge in [0.1, 0.15) is 35.3 Å². The van der Waals surface area contributed by atoms with Crippen LogP contribution < -0.4 is 11.5 Å². The van der Waals surface area contributed by atoms with Crippen LogP contribution >= 0.6 is 15.9 Å². The van der Waals surface area contributed by atoms with Crippen molar-refractivity contribution in [1.82, 2.24) is 29.1 Å². The first-order chi connectivity index (χ1) is 26.5. The van der Waals surface area contributed by atoms with Gasteiger partial charge in [-0.25, -0.2) is 9.97 Å². The van der Waals surface area contributed by atoms with Crippen molar-refractivity contribution in [3.63, 3.8) is 0 Å². The second kappa shape index (κ2) is 17.1. The van der Waals surface area contributed by atoms with Gasteiger partial charge in [-0.1, -0.05) is 70.5 Å². The Kier molecular flexibility index (Phi) is 11.8. The summed E-state index contributed by atoms with van der Waals surface area (Å²) < 4.78 is 4.65. The lowest BCUT2D eigenvalue weighted by Crippen LogP contribution is -2.07. The number of aryl methyl sites for hydroxylation is 2. The predicted octanol–water partition coefficient (Wildman–Crippen LogP) is 7.49. The summed E-state index contributed by atoms with van der Waals surface area (Å²) in [4.78, 5) is 28.3. The first-order valence-electron chi connectivity index (χ1n) is 17.2. The third-order valence-corrected chi connectivity index (χ3v) is 9.23. The van der Waals surface area contributed by atoms with Crippen LogP contribution in [0.3, 0.4) is 0 Å². The van der Waals surface area contributed by atoms with Gasteiger partial charge in [0.05, 0.1) is 35.2 Å². The molecule has 0 aliphatic rings. The summed E-state index contributed by atoms with van der Waals surface area (Å²) in [7, 11) is 0. The number of carbonyl (C=O) groups excluding carboxylic acids is 1. The number of aromatic hydroxyl groups is 2. The molecular formula is C42H39BrN8O4. The summed E-state index contributed by atoms with van der Waals surface area (Å²) in [5, 5.41) is 30.7. The van der Waals surface area contributed by atoms with Crippen LogP contribution in [0.1, 0.15) is 50.4 Å². The Hall–Kier alpha value is -6.57. The Labute approximate surface area is 325 Å². The van der Waals surface area contributed by atoms with Gasteiger partial charge < -0.3 is 35.9 Å². The highest BCUT2D eigenvalue weighted by Gasteiger charge is 2.16. The molecule has 8 rings (SSSR count). The fourth-order valence-corrected chi connectivity index (χ4v) is 6.18. The summed E-state index contributed by atoms with van der Waals surface area (Å²) in [6, 6.07) is 36.9. The molecule has 0 spiro atoms. The number of fused-ring (bicyclic) bond motifs is 2. The molecule has 13 heteroatoms. The smallest absolute Gasteiger partial charge is 0.201 e. The average molecular weight is 800 g/mol. The predicted molar refractivity (Wildman–Crippen MR) is 218 cm³/mol. The van der Waals surface area contributed by atoms with Crippen molar-refractivity contribution in [2.24, 2.45) is 0 Å². The highest BCUT2D eigenvalue weighted by atomic mass is 79.9. The first kappa shape index (κ1) is 38.2. The number of hydrogen-bond donors (Lipinski definition) is 5. The average Bonchev–Trinajstić information content (AvgIpc) is 3.68. The fourth-order valence-electron chi connectivity index (χ4n) is 5.87. The Bertz CT molecular complexity index is 2580. The maximum atomic E-state index is 10.9. The number of benzene rings is 4. The van der Waals surface area contributed by atoms with E-state index in [1.807, 2.05) is 92.7 Å². The van der Waals surface area contributed by atoms with E-state index in [0.29, 0.717) is 40.9 Å². The molecule has 0 aliphatic heterocycles. The minimum Gasteiger partial charge on any atom is -0.506 e. The standard InChI is InChI=1S/C21H20N4O2.C15H14N4O2.C6H5Br/c1-13-7-10-19(26)17(23-13)12-25-18-11-15(8-9-16(18)24-21(25)22)20(27)14-5-3-2-4-6-14;1-9-2-5-14(21)12(17-9)7-19-13-6-10(8-20)3-4-11(13)18-15(19)16;7-6-4-2-1-3-5-6/h2-11,20,26-27H,12H2,1H3,(H2,22,24);2-6,8,21H,7H2,1H3,(H2,16,18);1-5H. The van der Waals surface area contributed by atoms with E-state index in [2.05, 4.69) is 35.9 Å². The number of nitrogen functional groups attached to an aromatic ring is 2. The largest absolute Gasteiger partial charge is 0.506 e. The molecule has 278 valence electrons. The van der Waals surface area contributed by atoms with Gasteiger partial charge in [0.2, 0.25) is 11.9 Å². The Morgan fingerprint density at radius 3 is 1.62 bits per heavy atom. The van der Waals surface area contributed by atoms with Crippen LogP contribution in [0, 0.1) is 13.8 Å². The number of anilines is 2. The number of rotatable bonds is 7. The van der Waals surface area contributed by atoms with Crippen LogP contribution in [-0.2, 0) is 13.1 Å². The van der Waals surface area contributed by atoms with E-state index < -0.39 is 6.10 Å². The molecule has 12 nitrogen and oxygen atoms in total. The number of halogens is 1. The van der Waals surface area contributed by atoms with Crippen LogP contribution in [0.15, 0.2) is 126 Å². The molecule has 0 bridgehead atoms. The van der Waals surface area contributed by atoms with Crippen LogP contribution in [0.25, 0.3) is 22.1 Å². The number of nitrogens with two attached hydrogens (primary N) is 2. The lowest BCUT2D eigenvalue weighted by atomic mass is 10.0. The number of aromatic nitrogens is 6. The van der Waals surface area contributed by atoms with Gasteiger partial charge >= 0.3 is 0 Å². The molecule has 4 heterocycles. The molecule has 4 aromatic carbocycles. The minimum atomic E-state index is -0.745. The summed E-state index contributed by atoms with van der Waals surface area (Å²) in [5.74, 6) is 0.866. The zero-order valence-electron chi connectivity index (χ0n) is 30.1. The third kappa shape index (κ3) is 9.15. The molecule has 0 saturated carbocycles. The summed E-state index contributed by atoms with van der Waals surface area (Å²) in [6.07, 6.45) is 0.0284. The van der Waals surface area contributed by atoms with E-state index in [9.17, 15) is 20.1 Å². The molecule has 55 heavy (non-hydrogen) atoms. The molecule has 1 atom stereocenters. The van der Waals surface area contributed by atoms with Crippen molar-refractivity contribution < 1.29 is 20.1 Å². The van der Waals surface area contributed by atoms with E-state index in [1.54, 1.807) is 51.6 Å². The van der Waals surface area contributed by atoms with Crippen LogP contribution in [-0.4, -0.2) is 50.7 Å². The Balaban J connectivity index is 0.000000162. The third-order valence-electron chi connectivity index (χ3n) is 8.70. The van der Waals surface area contributed by atoms with Gasteiger partial charge in [-0.15, -0.1) is 0 Å². The molecule has 0 fully saturated rings. The molecular weight excluding hydrogens is 760 g/mol. The number of aliphatic hydroxyl groups is 1. The first-order valence-corrected chi connectivity index (χ1v) is 18.0. The van der Waals surface area contributed by atoms with E-state index in [4.69, 9.17) is 11.5 Å². The van der Waals surface area contributed by atoms with Gasteiger partial charge in [0, 0.05) is 21.4 Å². The SMILES string of the molecule is Brc1ccccc1.Cc1ccc(O)c(Cn2c(N)nc3ccc(C(O)c4ccccc4)cc32)n1.Cc1ccc(O)c(Cn2c(N)nc3ccc(C=O)cc32)n1. The van der Waals surface area contributed by atoms with Gasteiger partial charge in [-0.05, 0) is 91.7 Å².